The van der Waals surface area contributed by atoms with Crippen LogP contribution in [0.3, 0.4) is 0 Å². The molecule has 0 radical (unpaired) electrons. The van der Waals surface area contributed by atoms with Gasteiger partial charge in [0.1, 0.15) is 11.5 Å². The molecule has 1 aromatic carbocycles. The Morgan fingerprint density at radius 1 is 1.26 bits per heavy atom. The minimum atomic E-state index is -3.75. The van der Waals surface area contributed by atoms with Gasteiger partial charge in [0.25, 0.3) is 5.56 Å². The van der Waals surface area contributed by atoms with Crippen molar-refractivity contribution in [3.8, 4) is 16.9 Å². The normalized spacial score (nSPS) is 17.7. The minimum absolute atomic E-state index is 0.0516. The largest absolute Gasteiger partial charge is 0.496 e. The number of nitrogens with one attached hydrogen (secondary N) is 2. The van der Waals surface area contributed by atoms with E-state index in [0.29, 0.717) is 35.4 Å². The first kappa shape index (κ1) is 26.1. The Labute approximate surface area is 201 Å². The van der Waals surface area contributed by atoms with Crippen molar-refractivity contribution >= 4 is 15.8 Å². The third-order valence-electron chi connectivity index (χ3n) is 6.37. The molecule has 1 fully saturated rings. The summed E-state index contributed by atoms with van der Waals surface area (Å²) in [6.07, 6.45) is 3.40. The zero-order valence-electron chi connectivity index (χ0n) is 20.8. The van der Waals surface area contributed by atoms with Crippen LogP contribution in [0.15, 0.2) is 35.3 Å². The topological polar surface area (TPSA) is 109 Å². The zero-order chi connectivity index (χ0) is 25.3. The van der Waals surface area contributed by atoms with E-state index in [-0.39, 0.29) is 29.2 Å². The van der Waals surface area contributed by atoms with Gasteiger partial charge in [-0.15, -0.1) is 0 Å². The molecule has 3 rings (SSSR count). The van der Waals surface area contributed by atoms with Gasteiger partial charge in [-0.25, -0.2) is 8.42 Å². The molecule has 1 aliphatic rings. The van der Waals surface area contributed by atoms with Gasteiger partial charge in [-0.1, -0.05) is 20.8 Å². The van der Waals surface area contributed by atoms with Crippen LogP contribution in [0.2, 0.25) is 0 Å². The van der Waals surface area contributed by atoms with Crippen LogP contribution in [0.25, 0.3) is 11.1 Å². The maximum atomic E-state index is 13.0. The van der Waals surface area contributed by atoms with Crippen molar-refractivity contribution < 1.29 is 17.9 Å². The molecule has 2 unspecified atom stereocenters. The highest BCUT2D eigenvalue weighted by Gasteiger charge is 2.38. The molecule has 2 heterocycles. The fraction of sp³-hybridized carbons (Fsp3) is 0.520. The van der Waals surface area contributed by atoms with Crippen molar-refractivity contribution in [1.29, 1.82) is 0 Å². The van der Waals surface area contributed by atoms with Crippen molar-refractivity contribution in [1.82, 2.24) is 14.6 Å². The number of carbonyl (C=O) groups is 1. The Bertz CT molecular complexity index is 1210. The van der Waals surface area contributed by atoms with E-state index in [0.717, 1.165) is 18.4 Å². The van der Waals surface area contributed by atoms with E-state index in [2.05, 4.69) is 10.3 Å². The van der Waals surface area contributed by atoms with Crippen LogP contribution >= 0.6 is 0 Å². The number of ketones is 1. The summed E-state index contributed by atoms with van der Waals surface area (Å²) in [6.45, 7) is 8.84. The highest BCUT2D eigenvalue weighted by Crippen LogP contribution is 2.38. The van der Waals surface area contributed by atoms with E-state index in [1.165, 1.54) is 11.2 Å². The second-order valence-electron chi connectivity index (χ2n) is 9.99. The quantitative estimate of drug-likeness (QED) is 0.590. The van der Waals surface area contributed by atoms with Crippen LogP contribution in [-0.4, -0.2) is 56.0 Å². The van der Waals surface area contributed by atoms with Crippen molar-refractivity contribution in [3.05, 3.63) is 51.9 Å². The van der Waals surface area contributed by atoms with Crippen LogP contribution in [0.1, 0.15) is 45.2 Å². The number of nitrogens with zero attached hydrogens (tertiary/aromatic N) is 1. The van der Waals surface area contributed by atoms with Gasteiger partial charge >= 0.3 is 0 Å². The lowest BCUT2D eigenvalue weighted by Gasteiger charge is -2.33. The van der Waals surface area contributed by atoms with Crippen LogP contribution in [0.5, 0.6) is 5.75 Å². The molecule has 34 heavy (non-hydrogen) atoms. The number of benzene rings is 1. The Balaban J connectivity index is 2.24. The first-order valence-corrected chi connectivity index (χ1v) is 13.3. The number of H-pyrrole nitrogens is 1. The van der Waals surface area contributed by atoms with Gasteiger partial charge in [-0.05, 0) is 73.2 Å². The first-order valence-electron chi connectivity index (χ1n) is 11.4. The number of ether oxygens (including phenoxy) is 1. The predicted molar refractivity (Wildman–Crippen MR) is 134 cm³/mol. The number of sulfonamides is 1. The SMILES string of the molecule is COc1cc(CN(C(C(C)=O)C2CCNC2)S(C)(=O)=O)c(-c2ccc[nH]c2=O)cc1C(C)(C)C. The lowest BCUT2D eigenvalue weighted by molar-refractivity contribution is -0.122. The Morgan fingerprint density at radius 3 is 2.47 bits per heavy atom. The number of carbonyl (C=O) groups excluding carboxylic acids is 1. The zero-order valence-corrected chi connectivity index (χ0v) is 21.6. The lowest BCUT2D eigenvalue weighted by Crippen LogP contribution is -2.48. The van der Waals surface area contributed by atoms with Crippen LogP contribution < -0.4 is 15.6 Å². The summed E-state index contributed by atoms with van der Waals surface area (Å²) in [6, 6.07) is 6.35. The molecule has 0 aliphatic carbocycles. The van der Waals surface area contributed by atoms with E-state index in [4.69, 9.17) is 4.74 Å². The van der Waals surface area contributed by atoms with Gasteiger partial charge in [0.15, 0.2) is 0 Å². The van der Waals surface area contributed by atoms with Gasteiger partial charge < -0.3 is 15.0 Å². The van der Waals surface area contributed by atoms with Crippen molar-refractivity contribution in [2.24, 2.45) is 5.92 Å². The maximum absolute atomic E-state index is 13.0. The molecule has 2 N–H and O–H groups in total. The van der Waals surface area contributed by atoms with E-state index < -0.39 is 16.1 Å². The van der Waals surface area contributed by atoms with E-state index >= 15 is 0 Å². The van der Waals surface area contributed by atoms with Crippen molar-refractivity contribution in [2.45, 2.75) is 52.1 Å². The summed E-state index contributed by atoms with van der Waals surface area (Å²) in [5, 5.41) is 3.23. The third-order valence-corrected chi connectivity index (χ3v) is 7.57. The molecule has 2 atom stereocenters. The molecule has 1 aromatic heterocycles. The summed E-state index contributed by atoms with van der Waals surface area (Å²) in [5.74, 6) is 0.289. The number of pyridine rings is 1. The molecule has 1 aliphatic heterocycles. The number of hydrogen-bond donors (Lipinski definition) is 2. The summed E-state index contributed by atoms with van der Waals surface area (Å²) >= 11 is 0. The Morgan fingerprint density at radius 2 is 1.97 bits per heavy atom. The van der Waals surface area contributed by atoms with Gasteiger partial charge in [-0.2, -0.15) is 4.31 Å². The predicted octanol–water partition coefficient (Wildman–Crippen LogP) is 2.68. The summed E-state index contributed by atoms with van der Waals surface area (Å²) < 4.78 is 32.9. The molecular weight excluding hydrogens is 454 g/mol. The highest BCUT2D eigenvalue weighted by atomic mass is 32.2. The molecule has 0 amide bonds. The second kappa shape index (κ2) is 10.0. The van der Waals surface area contributed by atoms with Gasteiger partial charge in [0.2, 0.25) is 10.0 Å². The molecule has 2 aromatic rings. The second-order valence-corrected chi connectivity index (χ2v) is 11.9. The lowest BCUT2D eigenvalue weighted by atomic mass is 9.83. The molecule has 0 spiro atoms. The van der Waals surface area contributed by atoms with Gasteiger partial charge in [-0.3, -0.25) is 9.59 Å². The number of aromatic amines is 1. The number of hydrogen-bond acceptors (Lipinski definition) is 6. The molecule has 0 saturated carbocycles. The molecule has 9 heteroatoms. The molecule has 186 valence electrons. The standard InChI is InChI=1S/C25H35N3O5S/c1-16(29)23(17-9-11-26-14-17)28(34(6,31)32)15-18-12-22(33-5)21(25(2,3)4)13-20(18)19-8-7-10-27-24(19)30/h7-8,10,12-13,17,23,26H,9,11,14-15H2,1-6H3,(H,27,30). The van der Waals surface area contributed by atoms with E-state index in [1.54, 1.807) is 31.5 Å². The van der Waals surface area contributed by atoms with Crippen LogP contribution in [0, 0.1) is 5.92 Å². The molecule has 0 bridgehead atoms. The smallest absolute Gasteiger partial charge is 0.255 e. The molecule has 8 nitrogen and oxygen atoms in total. The van der Waals surface area contributed by atoms with E-state index in [9.17, 15) is 18.0 Å². The first-order chi connectivity index (χ1) is 15.8. The van der Waals surface area contributed by atoms with Crippen molar-refractivity contribution in [3.63, 3.8) is 0 Å². The fourth-order valence-corrected chi connectivity index (χ4v) is 5.80. The summed E-state index contributed by atoms with van der Waals surface area (Å²) in [4.78, 5) is 28.2. The fourth-order valence-electron chi connectivity index (χ4n) is 4.70. The number of methoxy groups -OCH3 is 1. The van der Waals surface area contributed by atoms with E-state index in [1.807, 2.05) is 26.8 Å². The number of Topliss-reactive ketones (excluding diaryl/α,β-unsaturated/α-hetero) is 1. The molecule has 1 saturated heterocycles. The van der Waals surface area contributed by atoms with Gasteiger partial charge in [0.05, 0.1) is 19.4 Å². The average molecular weight is 490 g/mol. The average Bonchev–Trinajstić information content (AvgIpc) is 3.26. The molecular formula is C25H35N3O5S. The highest BCUT2D eigenvalue weighted by molar-refractivity contribution is 7.88. The summed E-state index contributed by atoms with van der Waals surface area (Å²) in [7, 11) is -2.18. The van der Waals surface area contributed by atoms with Gasteiger partial charge in [0, 0.05) is 23.9 Å². The Hall–Kier alpha value is -2.49. The minimum Gasteiger partial charge on any atom is -0.496 e. The Kier molecular flexibility index (Phi) is 7.69. The number of aromatic nitrogens is 1. The van der Waals surface area contributed by atoms with Crippen molar-refractivity contribution in [2.75, 3.05) is 26.5 Å². The maximum Gasteiger partial charge on any atom is 0.255 e. The van der Waals surface area contributed by atoms with Crippen LogP contribution in [-0.2, 0) is 26.8 Å². The summed E-state index contributed by atoms with van der Waals surface area (Å²) in [5.41, 5.74) is 1.99. The van der Waals surface area contributed by atoms with Crippen LogP contribution in [0.4, 0.5) is 0 Å². The third kappa shape index (κ3) is 5.59. The number of rotatable bonds is 8. The monoisotopic (exact) mass is 489 g/mol.